The molecule has 0 spiro atoms. The minimum atomic E-state index is -0.750. The number of methoxy groups -OCH3 is 4. The zero-order chi connectivity index (χ0) is 64.6. The molecule has 0 atom stereocenters. The predicted octanol–water partition coefficient (Wildman–Crippen LogP) is 17.5. The van der Waals surface area contributed by atoms with Crippen molar-refractivity contribution in [2.24, 2.45) is 0 Å². The first-order valence-corrected chi connectivity index (χ1v) is 31.0. The molecule has 0 bridgehead atoms. The second-order valence-electron chi connectivity index (χ2n) is 23.0. The molecular formula is C80H66F2N5NaO5S. The van der Waals surface area contributed by atoms with Crippen LogP contribution in [0.2, 0.25) is 0 Å². The van der Waals surface area contributed by atoms with Crippen LogP contribution in [0.25, 0.3) is 94.2 Å². The summed E-state index contributed by atoms with van der Waals surface area (Å²) in [6.45, 7) is 4.90. The van der Waals surface area contributed by atoms with Crippen molar-refractivity contribution in [2.45, 2.75) is 26.4 Å². The monoisotopic (exact) mass is 1270 g/mol. The van der Waals surface area contributed by atoms with Crippen LogP contribution >= 0.6 is 11.7 Å². The van der Waals surface area contributed by atoms with Gasteiger partial charge < -0.3 is 38.8 Å². The van der Waals surface area contributed by atoms with E-state index in [1.807, 2.05) is 173 Å². The van der Waals surface area contributed by atoms with Gasteiger partial charge in [-0.05, 0) is 184 Å². The zero-order valence-corrected chi connectivity index (χ0v) is 56.2. The van der Waals surface area contributed by atoms with E-state index in [1.54, 1.807) is 61.3 Å². The normalized spacial score (nSPS) is 11.0. The number of hydrogen-bond acceptors (Lipinski definition) is 10. The number of ether oxygens (including phenoxy) is 4. The summed E-state index contributed by atoms with van der Waals surface area (Å²) in [5, 5.41) is 15.6. The second-order valence-corrected chi connectivity index (χ2v) is 23.5. The third-order valence-electron chi connectivity index (χ3n) is 15.7. The minimum Gasteiger partial charge on any atom is -0.850 e. The summed E-state index contributed by atoms with van der Waals surface area (Å²) in [4.78, 5) is 1.91. The maximum absolute atomic E-state index is 17.3. The Labute approximate surface area is 572 Å². The second kappa shape index (κ2) is 29.2. The van der Waals surface area contributed by atoms with E-state index < -0.39 is 11.4 Å². The van der Waals surface area contributed by atoms with Gasteiger partial charge in [0.15, 0.2) is 0 Å². The van der Waals surface area contributed by atoms with E-state index in [2.05, 4.69) is 84.2 Å². The third-order valence-corrected chi connectivity index (χ3v) is 16.3. The first-order chi connectivity index (χ1) is 45.2. The molecule has 0 radical (unpaired) electrons. The van der Waals surface area contributed by atoms with Gasteiger partial charge in [0.05, 0.1) is 51.2 Å². The van der Waals surface area contributed by atoms with Crippen LogP contribution in [-0.4, -0.2) is 47.4 Å². The van der Waals surface area contributed by atoms with E-state index in [0.29, 0.717) is 28.0 Å². The zero-order valence-electron chi connectivity index (χ0n) is 53.4. The van der Waals surface area contributed by atoms with Gasteiger partial charge in [-0.1, -0.05) is 154 Å². The maximum Gasteiger partial charge on any atom is 1.00 e. The average Bonchev–Trinajstić information content (AvgIpc) is 1.52. The van der Waals surface area contributed by atoms with Crippen LogP contribution in [-0.2, 0) is 0 Å². The van der Waals surface area contributed by atoms with Crippen LogP contribution in [0, 0.1) is 11.6 Å². The molecule has 1 N–H and O–H groups in total. The fraction of sp³-hybridized carbons (Fsp3) is 0.100. The SMILES string of the molecule is CC(C)(C)[O-].COc1ccc(-c2ccc(N(c3ccc(-c4ccc(OC)cc4)cc3)c3c(F)cc(-c4ccc5c6ccccc6n(-c6cccc(F)c6)c5c4)c4nsnc34)cc2)cc1.COc1ccc(-c2ccc(Nc3ccc(-c4ccc(OC)cc4)cc3)cc2)cc1.[Na+]. The standard InChI is InChI=1S/C50H34F2N4O2S.C26H23NO2.C4H9O.Na/c1-57-40-23-14-33(15-24-40)31-10-19-37(20-11-31)55(38-21-12-32(13-22-38)34-16-25-41(58-2)26-17-34)50-45(52)30-44(48-49(50)54-59-53-48)35-18-27-43-42-8-3-4-9-46(42)56(47(43)28-35)39-7-5-6-36(51)29-39;1-28-25-15-7-21(8-16-25)19-3-11-23(12-4-19)27-24-13-5-20(6-14-24)22-9-17-26(29-2)18-10-22;1-4(2,3)5;/h3-30H,1-2H3;3-18,27H,1-2H3;1-3H3;/q;;-1;+1. The Morgan fingerprint density at radius 2 is 0.787 bits per heavy atom. The largest absolute Gasteiger partial charge is 1.00 e. The van der Waals surface area contributed by atoms with E-state index in [4.69, 9.17) is 27.7 Å². The molecule has 14 rings (SSSR count). The number of benzene rings is 12. The van der Waals surface area contributed by atoms with Crippen molar-refractivity contribution in [3.63, 3.8) is 0 Å². The van der Waals surface area contributed by atoms with Crippen molar-refractivity contribution in [3.05, 3.63) is 279 Å². The van der Waals surface area contributed by atoms with Crippen LogP contribution in [0.3, 0.4) is 0 Å². The Hall–Kier alpha value is -10.1. The van der Waals surface area contributed by atoms with Crippen molar-refractivity contribution in [2.75, 3.05) is 38.7 Å². The Bertz CT molecular complexity index is 4660. The number of nitrogens with zero attached hydrogens (tertiary/aromatic N) is 4. The van der Waals surface area contributed by atoms with Crippen molar-refractivity contribution >= 4 is 73.0 Å². The molecule has 14 heteroatoms. The molecule has 0 saturated heterocycles. The van der Waals surface area contributed by atoms with Crippen molar-refractivity contribution < 1.29 is 62.4 Å². The summed E-state index contributed by atoms with van der Waals surface area (Å²) in [5.74, 6) is 2.51. The van der Waals surface area contributed by atoms with Gasteiger partial charge in [0, 0.05) is 44.8 Å². The summed E-state index contributed by atoms with van der Waals surface area (Å²) < 4.78 is 64.6. The fourth-order valence-corrected chi connectivity index (χ4v) is 11.7. The summed E-state index contributed by atoms with van der Waals surface area (Å²) in [6, 6.07) is 87.2. The molecule has 0 unspecified atom stereocenters. The molecule has 12 aromatic carbocycles. The summed E-state index contributed by atoms with van der Waals surface area (Å²) in [5.41, 5.74) is 16.8. The molecule has 10 nitrogen and oxygen atoms in total. The fourth-order valence-electron chi connectivity index (χ4n) is 11.2. The first-order valence-electron chi connectivity index (χ1n) is 30.2. The van der Waals surface area contributed by atoms with Crippen LogP contribution in [0.5, 0.6) is 23.0 Å². The Morgan fingerprint density at radius 3 is 1.20 bits per heavy atom. The minimum absolute atomic E-state index is 0. The molecule has 2 aromatic heterocycles. The molecule has 462 valence electrons. The third kappa shape index (κ3) is 14.9. The molecule has 14 aromatic rings. The number of hydrogen-bond donors (Lipinski definition) is 1. The average molecular weight is 1270 g/mol. The van der Waals surface area contributed by atoms with E-state index in [1.165, 1.54) is 34.4 Å². The number of nitrogens with one attached hydrogen (secondary N) is 1. The van der Waals surface area contributed by atoms with E-state index in [0.717, 1.165) is 107 Å². The molecule has 0 fully saturated rings. The quantitative estimate of drug-likeness (QED) is 0.100. The summed E-state index contributed by atoms with van der Waals surface area (Å²) in [7, 11) is 6.66. The van der Waals surface area contributed by atoms with Gasteiger partial charge in [0.1, 0.15) is 51.4 Å². The topological polar surface area (TPSA) is 106 Å². The van der Waals surface area contributed by atoms with E-state index in [-0.39, 0.29) is 35.4 Å². The van der Waals surface area contributed by atoms with Crippen LogP contribution < -0.4 is 63.8 Å². The van der Waals surface area contributed by atoms with Crippen molar-refractivity contribution in [1.82, 2.24) is 13.3 Å². The van der Waals surface area contributed by atoms with Crippen molar-refractivity contribution in [3.8, 4) is 84.3 Å². The Balaban J connectivity index is 0.000000215. The van der Waals surface area contributed by atoms with Gasteiger partial charge in [-0.2, -0.15) is 8.75 Å². The molecule has 94 heavy (non-hydrogen) atoms. The molecule has 0 aliphatic carbocycles. The molecular weight excluding hydrogens is 1200 g/mol. The molecule has 2 heterocycles. The van der Waals surface area contributed by atoms with Gasteiger partial charge in [0.2, 0.25) is 0 Å². The van der Waals surface area contributed by atoms with Crippen LogP contribution in [0.4, 0.5) is 37.2 Å². The molecule has 0 amide bonds. The Morgan fingerprint density at radius 1 is 0.415 bits per heavy atom. The molecule has 0 aliphatic heterocycles. The Kier molecular flexibility index (Phi) is 20.3. The van der Waals surface area contributed by atoms with Gasteiger partial charge in [-0.3, -0.25) is 0 Å². The van der Waals surface area contributed by atoms with Crippen molar-refractivity contribution in [1.29, 1.82) is 0 Å². The number of anilines is 5. The molecule has 0 aliphatic rings. The number of rotatable bonds is 15. The smallest absolute Gasteiger partial charge is 0.850 e. The predicted molar refractivity (Wildman–Crippen MR) is 376 cm³/mol. The number of aromatic nitrogens is 3. The van der Waals surface area contributed by atoms with Crippen LogP contribution in [0.15, 0.2) is 267 Å². The first kappa shape index (κ1) is 65.4. The van der Waals surface area contributed by atoms with Gasteiger partial charge in [-0.25, -0.2) is 8.78 Å². The summed E-state index contributed by atoms with van der Waals surface area (Å²) >= 11 is 1.05. The summed E-state index contributed by atoms with van der Waals surface area (Å²) in [6.07, 6.45) is 0. The van der Waals surface area contributed by atoms with E-state index >= 15 is 4.39 Å². The van der Waals surface area contributed by atoms with Gasteiger partial charge >= 0.3 is 29.6 Å². The molecule has 0 saturated carbocycles. The van der Waals surface area contributed by atoms with Gasteiger partial charge in [0.25, 0.3) is 0 Å². The number of halogens is 2. The van der Waals surface area contributed by atoms with Crippen LogP contribution in [0.1, 0.15) is 20.8 Å². The van der Waals surface area contributed by atoms with E-state index in [9.17, 15) is 9.50 Å². The van der Waals surface area contributed by atoms with Gasteiger partial charge in [-0.15, -0.1) is 5.60 Å². The number of para-hydroxylation sites is 1. The maximum atomic E-state index is 17.3. The number of fused-ring (bicyclic) bond motifs is 4.